The second-order valence-corrected chi connectivity index (χ2v) is 6.22. The molecule has 1 aliphatic heterocycles. The van der Waals surface area contributed by atoms with Gasteiger partial charge in [-0.05, 0) is 5.92 Å². The van der Waals surface area contributed by atoms with Crippen molar-refractivity contribution in [3.05, 3.63) is 11.7 Å². The molecule has 0 aliphatic carbocycles. The molecule has 0 aromatic heterocycles. The summed E-state index contributed by atoms with van der Waals surface area (Å²) in [6, 6.07) is 0. The van der Waals surface area contributed by atoms with Gasteiger partial charge in [-0.3, -0.25) is 0 Å². The van der Waals surface area contributed by atoms with Crippen LogP contribution < -0.4 is 51.4 Å². The van der Waals surface area contributed by atoms with Gasteiger partial charge in [0.25, 0.3) is 0 Å². The van der Waals surface area contributed by atoms with Gasteiger partial charge in [-0.25, -0.2) is 0 Å². The van der Waals surface area contributed by atoms with Crippen molar-refractivity contribution in [2.24, 2.45) is 11.8 Å². The summed E-state index contributed by atoms with van der Waals surface area (Å²) in [4.78, 5) is 0. The summed E-state index contributed by atoms with van der Waals surface area (Å²) in [7, 11) is 0. The predicted molar refractivity (Wildman–Crippen MR) is 79.3 cm³/mol. The van der Waals surface area contributed by atoms with Crippen molar-refractivity contribution in [2.45, 2.75) is 85.7 Å². The molecule has 0 aromatic rings. The number of piperidine rings is 1. The van der Waals surface area contributed by atoms with Crippen LogP contribution in [0.3, 0.4) is 0 Å². The van der Waals surface area contributed by atoms with Gasteiger partial charge in [-0.15, -0.1) is 11.1 Å². The van der Waals surface area contributed by atoms with Crippen LogP contribution in [-0.4, -0.2) is 11.1 Å². The molecule has 1 fully saturated rings. The van der Waals surface area contributed by atoms with Gasteiger partial charge in [-0.2, -0.15) is 13.8 Å². The van der Waals surface area contributed by atoms with E-state index in [2.05, 4.69) is 41.5 Å². The number of nitrogens with zero attached hydrogens (tertiary/aromatic N) is 1. The van der Waals surface area contributed by atoms with Crippen molar-refractivity contribution in [1.82, 2.24) is 0 Å². The molecule has 0 N–H and O–H groups in total. The van der Waals surface area contributed by atoms with Crippen molar-refractivity contribution < 1.29 is 51.4 Å². The second-order valence-electron chi connectivity index (χ2n) is 6.22. The Balaban J connectivity index is 0. The summed E-state index contributed by atoms with van der Waals surface area (Å²) in [6.07, 6.45) is 5.62. The summed E-state index contributed by atoms with van der Waals surface area (Å²) < 4.78 is 0. The first kappa shape index (κ1) is 21.9. The Kier molecular flexibility index (Phi) is 11.6. The molecule has 4 atom stereocenters. The smallest absolute Gasteiger partial charge is 0.651 e. The van der Waals surface area contributed by atoms with Crippen LogP contribution in [0.4, 0.5) is 0 Å². The molecule has 1 aliphatic rings. The average Bonchev–Trinajstić information content (AvgIpc) is 2.27. The Morgan fingerprint density at radius 2 is 1.56 bits per heavy atom. The fourth-order valence-electron chi connectivity index (χ4n) is 2.87. The maximum Gasteiger partial charge on any atom is 1.00 e. The fourth-order valence-corrected chi connectivity index (χ4v) is 2.87. The maximum atomic E-state index is 5.11. The molecule has 0 radical (unpaired) electrons. The van der Waals surface area contributed by atoms with Gasteiger partial charge >= 0.3 is 51.4 Å². The third kappa shape index (κ3) is 5.93. The van der Waals surface area contributed by atoms with Crippen LogP contribution in [-0.2, 0) is 0 Å². The van der Waals surface area contributed by atoms with E-state index in [9.17, 15) is 0 Å². The van der Waals surface area contributed by atoms with E-state index in [1.54, 1.807) is 0 Å². The van der Waals surface area contributed by atoms with E-state index in [0.29, 0.717) is 0 Å². The molecule has 0 amide bonds. The van der Waals surface area contributed by atoms with E-state index >= 15 is 0 Å². The quantitative estimate of drug-likeness (QED) is 0.544. The molecule has 0 aromatic carbocycles. The van der Waals surface area contributed by atoms with Gasteiger partial charge in [0.15, 0.2) is 0 Å². The van der Waals surface area contributed by atoms with Crippen LogP contribution in [0.25, 0.3) is 5.32 Å². The summed E-state index contributed by atoms with van der Waals surface area (Å²) in [5.74, 6) is 1.54. The summed E-state index contributed by atoms with van der Waals surface area (Å²) in [6.45, 7) is 18.0. The van der Waals surface area contributed by atoms with Crippen molar-refractivity contribution in [2.75, 3.05) is 0 Å². The SMILES string of the molecule is CCC1(C)CC(C)C(C)C(C)(CC)[N-]1.C[CH-]C.[K+]. The minimum Gasteiger partial charge on any atom is -0.651 e. The molecule has 1 rings (SSSR count). The minimum absolute atomic E-state index is 0. The van der Waals surface area contributed by atoms with Crippen LogP contribution in [0.2, 0.25) is 0 Å². The topological polar surface area (TPSA) is 14.1 Å². The zero-order valence-electron chi connectivity index (χ0n) is 14.3. The van der Waals surface area contributed by atoms with Crippen LogP contribution in [0.15, 0.2) is 0 Å². The van der Waals surface area contributed by atoms with Gasteiger partial charge in [0.1, 0.15) is 0 Å². The van der Waals surface area contributed by atoms with Gasteiger partial charge in [0.05, 0.1) is 0 Å². The largest absolute Gasteiger partial charge is 1.00 e. The number of hydrogen-bond donors (Lipinski definition) is 0. The average molecular weight is 279 g/mol. The Morgan fingerprint density at radius 3 is 1.89 bits per heavy atom. The summed E-state index contributed by atoms with van der Waals surface area (Å²) in [5.41, 5.74) is 0.444. The van der Waals surface area contributed by atoms with Crippen molar-refractivity contribution in [3.8, 4) is 0 Å². The van der Waals surface area contributed by atoms with Gasteiger partial charge in [0.2, 0.25) is 0 Å². The first-order valence-electron chi connectivity index (χ1n) is 7.26. The molecule has 0 bridgehead atoms. The van der Waals surface area contributed by atoms with Gasteiger partial charge < -0.3 is 11.7 Å². The molecule has 0 spiro atoms. The number of rotatable bonds is 2. The van der Waals surface area contributed by atoms with Crippen molar-refractivity contribution in [1.29, 1.82) is 0 Å². The van der Waals surface area contributed by atoms with E-state index in [1.807, 2.05) is 20.3 Å². The third-order valence-electron chi connectivity index (χ3n) is 4.60. The monoisotopic (exact) mass is 278 g/mol. The maximum absolute atomic E-state index is 5.11. The standard InChI is InChI=1S/C13H26N.C3H7.K/c1-7-12(5)9-10(3)11(4)13(6,8-2)14-12;1-3-2;/h10-11H,7-9H2,1-6H3;3H,1-2H3;/q2*-1;+1. The van der Waals surface area contributed by atoms with Crippen LogP contribution in [0, 0.1) is 18.3 Å². The van der Waals surface area contributed by atoms with Crippen molar-refractivity contribution >= 4 is 0 Å². The van der Waals surface area contributed by atoms with Crippen LogP contribution >= 0.6 is 0 Å². The van der Waals surface area contributed by atoms with Gasteiger partial charge in [-0.1, -0.05) is 66.7 Å². The Hall–Kier alpha value is 1.60. The molecule has 1 heterocycles. The Labute approximate surface area is 159 Å². The number of hydrogen-bond acceptors (Lipinski definition) is 0. The van der Waals surface area contributed by atoms with E-state index in [4.69, 9.17) is 5.32 Å². The molecule has 0 saturated carbocycles. The van der Waals surface area contributed by atoms with E-state index in [-0.39, 0.29) is 62.5 Å². The van der Waals surface area contributed by atoms with E-state index < -0.39 is 0 Å². The Bertz CT molecular complexity index is 219. The first-order chi connectivity index (χ1) is 7.78. The molecular weight excluding hydrogens is 245 g/mol. The zero-order valence-corrected chi connectivity index (χ0v) is 17.4. The normalized spacial score (nSPS) is 39.3. The van der Waals surface area contributed by atoms with Gasteiger partial charge in [0, 0.05) is 0 Å². The zero-order chi connectivity index (χ0) is 13.7. The molecule has 104 valence electrons. The summed E-state index contributed by atoms with van der Waals surface area (Å²) in [5, 5.41) is 5.11. The first-order valence-corrected chi connectivity index (χ1v) is 7.26. The minimum atomic E-state index is 0. The fraction of sp³-hybridized carbons (Fsp3) is 0.938. The molecule has 1 saturated heterocycles. The molecule has 18 heavy (non-hydrogen) atoms. The predicted octanol–water partition coefficient (Wildman–Crippen LogP) is 2.61. The summed E-state index contributed by atoms with van der Waals surface area (Å²) >= 11 is 0. The van der Waals surface area contributed by atoms with E-state index in [0.717, 1.165) is 11.8 Å². The molecule has 2 heteroatoms. The van der Waals surface area contributed by atoms with Crippen molar-refractivity contribution in [3.63, 3.8) is 0 Å². The van der Waals surface area contributed by atoms with Crippen LogP contribution in [0.5, 0.6) is 0 Å². The van der Waals surface area contributed by atoms with Crippen LogP contribution in [0.1, 0.15) is 74.7 Å². The molecule has 1 nitrogen and oxygen atoms in total. The third-order valence-corrected chi connectivity index (χ3v) is 4.60. The molecule has 4 unspecified atom stereocenters. The molecular formula is C16H33KN-. The Morgan fingerprint density at radius 1 is 1.11 bits per heavy atom. The second kappa shape index (κ2) is 9.52. The van der Waals surface area contributed by atoms with E-state index in [1.165, 1.54) is 19.3 Å².